The lowest BCUT2D eigenvalue weighted by Crippen LogP contribution is -2.55. The lowest BCUT2D eigenvalue weighted by Gasteiger charge is -2.35. The number of fused-ring (bicyclic) bond motifs is 1. The maximum Gasteiger partial charge on any atom is 0.259 e. The third-order valence-corrected chi connectivity index (χ3v) is 6.18. The quantitative estimate of drug-likeness (QED) is 0.477. The molecule has 1 aromatic heterocycles. The first-order valence-corrected chi connectivity index (χ1v) is 11.5. The Morgan fingerprint density at radius 1 is 1.08 bits per heavy atom. The molecule has 0 radical (unpaired) electrons. The highest BCUT2D eigenvalue weighted by atomic mass is 16.5. The molecule has 4 N–H and O–H groups in total. The summed E-state index contributed by atoms with van der Waals surface area (Å²) in [4.78, 5) is 45.3. The molecule has 11 heteroatoms. The van der Waals surface area contributed by atoms with Crippen molar-refractivity contribution in [2.75, 3.05) is 53.8 Å². The van der Waals surface area contributed by atoms with Crippen LogP contribution in [-0.2, 0) is 23.9 Å². The van der Waals surface area contributed by atoms with Crippen molar-refractivity contribution in [3.63, 3.8) is 0 Å². The summed E-state index contributed by atoms with van der Waals surface area (Å²) in [6, 6.07) is 13.8. The Kier molecular flexibility index (Phi) is 6.51. The molecule has 11 nitrogen and oxygen atoms in total. The molecule has 3 aromatic rings. The number of ether oxygens (including phenoxy) is 2. The molecule has 0 aliphatic carbocycles. The monoisotopic (exact) mass is 491 g/mol. The average Bonchev–Trinajstić information content (AvgIpc) is 2.89. The molecule has 186 valence electrons. The second kappa shape index (κ2) is 9.90. The average molecular weight is 492 g/mol. The summed E-state index contributed by atoms with van der Waals surface area (Å²) in [5.74, 6) is -1.12. The van der Waals surface area contributed by atoms with E-state index in [4.69, 9.17) is 15.2 Å². The fourth-order valence-corrected chi connectivity index (χ4v) is 4.34. The van der Waals surface area contributed by atoms with E-state index in [1.807, 2.05) is 0 Å². The Bertz CT molecular complexity index is 1330. The van der Waals surface area contributed by atoms with Crippen molar-refractivity contribution < 1.29 is 29.0 Å². The zero-order valence-electron chi connectivity index (χ0n) is 19.3. The van der Waals surface area contributed by atoms with Crippen molar-refractivity contribution in [3.05, 3.63) is 54.7 Å². The minimum Gasteiger partial charge on any atom is -0.383 e. The van der Waals surface area contributed by atoms with Gasteiger partial charge in [-0.25, -0.2) is 4.98 Å². The number of rotatable bonds is 5. The van der Waals surface area contributed by atoms with Gasteiger partial charge in [0.1, 0.15) is 12.4 Å². The van der Waals surface area contributed by atoms with E-state index in [2.05, 4.69) is 10.3 Å². The maximum absolute atomic E-state index is 13.2. The van der Waals surface area contributed by atoms with Gasteiger partial charge in [0.2, 0.25) is 0 Å². The van der Waals surface area contributed by atoms with Gasteiger partial charge >= 0.3 is 0 Å². The highest BCUT2D eigenvalue weighted by molar-refractivity contribution is 6.05. The Labute approximate surface area is 206 Å². The first-order chi connectivity index (χ1) is 17.4. The number of nitrogens with two attached hydrogens (primary N) is 1. The van der Waals surface area contributed by atoms with Crippen molar-refractivity contribution >= 4 is 51.4 Å². The number of anilines is 4. The van der Waals surface area contributed by atoms with Crippen LogP contribution in [0.15, 0.2) is 54.7 Å². The van der Waals surface area contributed by atoms with Gasteiger partial charge in [0.05, 0.1) is 13.2 Å². The largest absolute Gasteiger partial charge is 0.383 e. The number of nitrogens with zero attached hydrogens (tertiary/aromatic N) is 3. The number of carbonyl (C=O) groups excluding carboxylic acids is 3. The second-order valence-corrected chi connectivity index (χ2v) is 8.47. The van der Waals surface area contributed by atoms with Crippen LogP contribution in [0.4, 0.5) is 22.9 Å². The van der Waals surface area contributed by atoms with E-state index in [1.165, 1.54) is 4.90 Å². The van der Waals surface area contributed by atoms with Gasteiger partial charge in [-0.2, -0.15) is 0 Å². The molecule has 36 heavy (non-hydrogen) atoms. The number of aliphatic hydroxyl groups excluding tert-OH is 1. The van der Waals surface area contributed by atoms with Crippen LogP contribution in [0.5, 0.6) is 0 Å². The number of aromatic nitrogens is 1. The van der Waals surface area contributed by atoms with Crippen molar-refractivity contribution in [2.24, 2.45) is 0 Å². The minimum atomic E-state index is -1.73. The van der Waals surface area contributed by atoms with Crippen LogP contribution in [0.3, 0.4) is 0 Å². The molecule has 2 saturated heterocycles. The number of pyridine rings is 1. The smallest absolute Gasteiger partial charge is 0.259 e. The summed E-state index contributed by atoms with van der Waals surface area (Å²) in [7, 11) is 0. The summed E-state index contributed by atoms with van der Waals surface area (Å²) in [5, 5.41) is 14.8. The van der Waals surface area contributed by atoms with Crippen LogP contribution in [0.25, 0.3) is 10.8 Å². The molecular weight excluding hydrogens is 466 g/mol. The molecule has 0 bridgehead atoms. The highest BCUT2D eigenvalue weighted by Gasteiger charge is 2.39. The zero-order chi connectivity index (χ0) is 25.2. The zero-order valence-corrected chi connectivity index (χ0v) is 19.3. The van der Waals surface area contributed by atoms with E-state index in [9.17, 15) is 19.5 Å². The van der Waals surface area contributed by atoms with Crippen molar-refractivity contribution in [2.45, 2.75) is 12.2 Å². The number of morpholine rings is 2. The van der Waals surface area contributed by atoms with E-state index < -0.39 is 24.0 Å². The first kappa shape index (κ1) is 23.7. The van der Waals surface area contributed by atoms with Gasteiger partial charge < -0.3 is 35.4 Å². The lowest BCUT2D eigenvalue weighted by molar-refractivity contribution is -0.150. The van der Waals surface area contributed by atoms with E-state index in [1.54, 1.807) is 59.6 Å². The van der Waals surface area contributed by atoms with Gasteiger partial charge in [-0.05, 0) is 47.9 Å². The number of benzene rings is 2. The highest BCUT2D eigenvalue weighted by Crippen LogP contribution is 2.27. The van der Waals surface area contributed by atoms with Crippen molar-refractivity contribution in [1.82, 2.24) is 4.98 Å². The molecule has 2 aliphatic heterocycles. The molecule has 2 fully saturated rings. The number of hydrogen-bond donors (Lipinski definition) is 3. The Hall–Kier alpha value is -4.06. The standard InChI is InChI=1S/C25H25N5O6/c26-23-19-5-4-16(12-15(19)6-7-27-23)28-24(33)21(32)22-25(34)30(9-11-36-22)18-3-1-2-17(13-18)29-8-10-35-14-20(29)31/h1-7,12-13,21-22,32H,8-11,14H2,(H2,26,27)(H,28,33)/t21-,22-/m1/s1. The van der Waals surface area contributed by atoms with Crippen LogP contribution in [-0.4, -0.2) is 72.9 Å². The predicted molar refractivity (Wildman–Crippen MR) is 132 cm³/mol. The number of amides is 3. The SMILES string of the molecule is Nc1nccc2cc(NC(=O)[C@H](O)[C@H]3OCCN(c4cccc(N5CCOCC5=O)c4)C3=O)ccc12. The van der Waals surface area contributed by atoms with Crippen molar-refractivity contribution in [3.8, 4) is 0 Å². The number of nitrogens with one attached hydrogen (secondary N) is 1. The van der Waals surface area contributed by atoms with Crippen LogP contribution in [0, 0.1) is 0 Å². The van der Waals surface area contributed by atoms with E-state index in [0.29, 0.717) is 36.0 Å². The summed E-state index contributed by atoms with van der Waals surface area (Å²) in [6.45, 7) is 1.22. The van der Waals surface area contributed by atoms with Crippen LogP contribution in [0.1, 0.15) is 0 Å². The number of nitrogen functional groups attached to an aromatic ring is 1. The Balaban J connectivity index is 1.30. The van der Waals surface area contributed by atoms with E-state index in [0.717, 1.165) is 10.8 Å². The molecule has 3 heterocycles. The fourth-order valence-electron chi connectivity index (χ4n) is 4.34. The molecule has 5 rings (SSSR count). The van der Waals surface area contributed by atoms with Gasteiger partial charge in [0.15, 0.2) is 12.2 Å². The predicted octanol–water partition coefficient (Wildman–Crippen LogP) is 0.912. The van der Waals surface area contributed by atoms with Gasteiger partial charge in [0, 0.05) is 41.7 Å². The molecule has 3 amide bonds. The third kappa shape index (κ3) is 4.59. The molecule has 2 aromatic carbocycles. The summed E-state index contributed by atoms with van der Waals surface area (Å²) in [5.41, 5.74) is 7.48. The molecule has 0 saturated carbocycles. The molecule has 0 unspecified atom stereocenters. The number of aliphatic hydroxyl groups is 1. The van der Waals surface area contributed by atoms with Gasteiger partial charge in [-0.15, -0.1) is 0 Å². The molecular formula is C25H25N5O6. The second-order valence-electron chi connectivity index (χ2n) is 8.47. The first-order valence-electron chi connectivity index (χ1n) is 11.5. The summed E-state index contributed by atoms with van der Waals surface area (Å²) in [6.07, 6.45) is -1.55. The van der Waals surface area contributed by atoms with Crippen LogP contribution in [0.2, 0.25) is 0 Å². The Morgan fingerprint density at radius 2 is 1.86 bits per heavy atom. The minimum absolute atomic E-state index is 0.00553. The maximum atomic E-state index is 13.2. The van der Waals surface area contributed by atoms with Gasteiger partial charge in [0.25, 0.3) is 17.7 Å². The fraction of sp³-hybridized carbons (Fsp3) is 0.280. The molecule has 0 spiro atoms. The van der Waals surface area contributed by atoms with Crippen molar-refractivity contribution in [1.29, 1.82) is 0 Å². The van der Waals surface area contributed by atoms with Gasteiger partial charge in [-0.3, -0.25) is 14.4 Å². The van der Waals surface area contributed by atoms with E-state index >= 15 is 0 Å². The Morgan fingerprint density at radius 3 is 2.67 bits per heavy atom. The normalized spacial score (nSPS) is 19.4. The summed E-state index contributed by atoms with van der Waals surface area (Å²) >= 11 is 0. The van der Waals surface area contributed by atoms with Crippen LogP contribution >= 0.6 is 0 Å². The number of carbonyl (C=O) groups is 3. The van der Waals surface area contributed by atoms with E-state index in [-0.39, 0.29) is 25.7 Å². The van der Waals surface area contributed by atoms with Gasteiger partial charge in [-0.1, -0.05) is 6.07 Å². The summed E-state index contributed by atoms with van der Waals surface area (Å²) < 4.78 is 10.7. The van der Waals surface area contributed by atoms with Crippen LogP contribution < -0.4 is 20.9 Å². The molecule has 2 atom stereocenters. The third-order valence-electron chi connectivity index (χ3n) is 6.18. The number of hydrogen-bond acceptors (Lipinski definition) is 8. The topological polar surface area (TPSA) is 147 Å². The lowest BCUT2D eigenvalue weighted by atomic mass is 10.1. The molecule has 2 aliphatic rings.